The first kappa shape index (κ1) is 14.4. The van der Waals surface area contributed by atoms with Crippen LogP contribution in [-0.2, 0) is 6.54 Å². The lowest BCUT2D eigenvalue weighted by molar-refractivity contribution is 0.415. The molecular weight excluding hydrogens is 268 g/mol. The number of ether oxygens (including phenoxy) is 1. The van der Waals surface area contributed by atoms with Crippen LogP contribution in [-0.4, -0.2) is 20.7 Å². The summed E-state index contributed by atoms with van der Waals surface area (Å²) in [6.07, 6.45) is 0. The van der Waals surface area contributed by atoms with E-state index in [9.17, 15) is 0 Å². The molecule has 0 saturated heterocycles. The fourth-order valence-electron chi connectivity index (χ4n) is 1.93. The number of para-hydroxylation sites is 2. The third-order valence-electron chi connectivity index (χ3n) is 2.86. The Hall–Kier alpha value is -1.96. The van der Waals surface area contributed by atoms with Crippen LogP contribution in [0.15, 0.2) is 36.4 Å². The van der Waals surface area contributed by atoms with Gasteiger partial charge in [0, 0.05) is 11.9 Å². The number of hydrogen-bond acceptors (Lipinski definition) is 4. The van der Waals surface area contributed by atoms with Crippen molar-refractivity contribution < 1.29 is 4.74 Å². The number of hydrogen-bond donors (Lipinski definition) is 1. The summed E-state index contributed by atoms with van der Waals surface area (Å²) in [5.41, 5.74) is 6.46. The fourth-order valence-corrected chi connectivity index (χ4v) is 2.87. The Bertz CT molecular complexity index is 625. The van der Waals surface area contributed by atoms with Crippen molar-refractivity contribution in [1.82, 2.24) is 0 Å². The summed E-state index contributed by atoms with van der Waals surface area (Å²) < 4.78 is 5.39. The van der Waals surface area contributed by atoms with Gasteiger partial charge in [-0.05, 0) is 24.3 Å². The highest BCUT2D eigenvalue weighted by Crippen LogP contribution is 2.28. The highest BCUT2D eigenvalue weighted by molar-refractivity contribution is 7.12. The van der Waals surface area contributed by atoms with E-state index in [1.54, 1.807) is 18.4 Å². The zero-order valence-electron chi connectivity index (χ0n) is 11.7. The van der Waals surface area contributed by atoms with Crippen LogP contribution in [0.2, 0.25) is 0 Å². The molecule has 20 heavy (non-hydrogen) atoms. The maximum absolute atomic E-state index is 5.39. The molecule has 1 heterocycles. The van der Waals surface area contributed by atoms with Gasteiger partial charge in [0.05, 0.1) is 30.8 Å². The van der Waals surface area contributed by atoms with Crippen LogP contribution in [0.3, 0.4) is 0 Å². The Balaban J connectivity index is 2.11. The van der Waals surface area contributed by atoms with Crippen LogP contribution < -0.4 is 15.4 Å². The molecule has 2 rings (SSSR count). The molecule has 0 bridgehead atoms. The average molecular weight is 286 g/mol. The first-order valence-electron chi connectivity index (χ1n) is 6.36. The van der Waals surface area contributed by atoms with Gasteiger partial charge in [0.25, 0.3) is 0 Å². The smallest absolute Gasteiger partial charge is 0.142 e. The molecule has 104 valence electrons. The van der Waals surface area contributed by atoms with E-state index in [-0.39, 0.29) is 0 Å². The summed E-state index contributed by atoms with van der Waals surface area (Å²) >= 11 is 1.70. The summed E-state index contributed by atoms with van der Waals surface area (Å²) in [4.78, 5) is 4.49. The molecule has 0 saturated carbocycles. The van der Waals surface area contributed by atoms with Gasteiger partial charge in [-0.15, -0.1) is 11.3 Å². The van der Waals surface area contributed by atoms with Gasteiger partial charge < -0.3 is 15.4 Å². The second-order valence-electron chi connectivity index (χ2n) is 4.30. The van der Waals surface area contributed by atoms with Crippen LogP contribution in [0.4, 0.5) is 5.69 Å². The summed E-state index contributed by atoms with van der Waals surface area (Å²) in [7, 11) is 3.75. The molecule has 4 heteroatoms. The first-order valence-corrected chi connectivity index (χ1v) is 7.18. The molecule has 0 atom stereocenters. The van der Waals surface area contributed by atoms with E-state index in [2.05, 4.69) is 35.9 Å². The number of methoxy groups -OCH3 is 1. The SMILES string of the molecule is COc1ccccc1N(C)Cc1ccc(C#CCN)s1. The molecular formula is C16H18N2OS. The van der Waals surface area contributed by atoms with E-state index in [1.165, 1.54) is 4.88 Å². The lowest BCUT2D eigenvalue weighted by Gasteiger charge is -2.20. The number of anilines is 1. The van der Waals surface area contributed by atoms with E-state index in [1.807, 2.05) is 24.3 Å². The van der Waals surface area contributed by atoms with E-state index in [0.29, 0.717) is 6.54 Å². The van der Waals surface area contributed by atoms with E-state index in [4.69, 9.17) is 10.5 Å². The van der Waals surface area contributed by atoms with Crippen molar-refractivity contribution in [2.75, 3.05) is 25.6 Å². The van der Waals surface area contributed by atoms with Gasteiger partial charge in [0.2, 0.25) is 0 Å². The van der Waals surface area contributed by atoms with Crippen molar-refractivity contribution in [3.63, 3.8) is 0 Å². The molecule has 0 unspecified atom stereocenters. The lowest BCUT2D eigenvalue weighted by Crippen LogP contribution is -2.16. The van der Waals surface area contributed by atoms with Crippen molar-refractivity contribution in [2.45, 2.75) is 6.54 Å². The molecule has 1 aromatic heterocycles. The zero-order valence-corrected chi connectivity index (χ0v) is 12.5. The topological polar surface area (TPSA) is 38.5 Å². The van der Waals surface area contributed by atoms with Gasteiger partial charge in [-0.2, -0.15) is 0 Å². The van der Waals surface area contributed by atoms with Crippen LogP contribution in [0.25, 0.3) is 0 Å². The minimum atomic E-state index is 0.397. The monoisotopic (exact) mass is 286 g/mol. The van der Waals surface area contributed by atoms with Gasteiger partial charge in [0.15, 0.2) is 0 Å². The second kappa shape index (κ2) is 6.99. The number of nitrogens with zero attached hydrogens (tertiary/aromatic N) is 1. The molecule has 0 aliphatic rings. The predicted octanol–water partition coefficient (Wildman–Crippen LogP) is 2.70. The van der Waals surface area contributed by atoms with E-state index < -0.39 is 0 Å². The molecule has 0 spiro atoms. The largest absolute Gasteiger partial charge is 0.495 e. The minimum Gasteiger partial charge on any atom is -0.495 e. The van der Waals surface area contributed by atoms with Crippen LogP contribution in [0.5, 0.6) is 5.75 Å². The zero-order chi connectivity index (χ0) is 14.4. The van der Waals surface area contributed by atoms with Crippen LogP contribution >= 0.6 is 11.3 Å². The van der Waals surface area contributed by atoms with E-state index >= 15 is 0 Å². The predicted molar refractivity (Wildman–Crippen MR) is 85.4 cm³/mol. The number of nitrogens with two attached hydrogens (primary N) is 1. The molecule has 2 aromatic rings. The normalized spacial score (nSPS) is 9.75. The summed E-state index contributed by atoms with van der Waals surface area (Å²) in [6.45, 7) is 1.23. The van der Waals surface area contributed by atoms with Crippen LogP contribution in [0, 0.1) is 11.8 Å². The van der Waals surface area contributed by atoms with Gasteiger partial charge in [-0.3, -0.25) is 0 Å². The van der Waals surface area contributed by atoms with Gasteiger partial charge in [-0.1, -0.05) is 24.0 Å². The Morgan fingerprint density at radius 1 is 1.25 bits per heavy atom. The molecule has 0 amide bonds. The molecule has 0 fully saturated rings. The number of benzene rings is 1. The number of thiophene rings is 1. The fraction of sp³-hybridized carbons (Fsp3) is 0.250. The van der Waals surface area contributed by atoms with Crippen LogP contribution in [0.1, 0.15) is 9.75 Å². The molecule has 3 nitrogen and oxygen atoms in total. The molecule has 0 radical (unpaired) electrons. The molecule has 0 aliphatic carbocycles. The highest BCUT2D eigenvalue weighted by atomic mass is 32.1. The average Bonchev–Trinajstić information content (AvgIpc) is 2.92. The second-order valence-corrected chi connectivity index (χ2v) is 5.47. The van der Waals surface area contributed by atoms with Gasteiger partial charge in [-0.25, -0.2) is 0 Å². The Kier molecular flexibility index (Phi) is 5.05. The third kappa shape index (κ3) is 3.53. The first-order chi connectivity index (χ1) is 9.74. The van der Waals surface area contributed by atoms with Crippen molar-refractivity contribution in [3.05, 3.63) is 46.2 Å². The summed E-state index contributed by atoms with van der Waals surface area (Å²) in [5, 5.41) is 0. The lowest BCUT2D eigenvalue weighted by atomic mass is 10.2. The minimum absolute atomic E-state index is 0.397. The van der Waals surface area contributed by atoms with Gasteiger partial charge >= 0.3 is 0 Å². The van der Waals surface area contributed by atoms with Gasteiger partial charge in [0.1, 0.15) is 5.75 Å². The Morgan fingerprint density at radius 3 is 2.80 bits per heavy atom. The van der Waals surface area contributed by atoms with E-state index in [0.717, 1.165) is 22.9 Å². The quantitative estimate of drug-likeness (QED) is 0.878. The Labute approximate surface area is 124 Å². The van der Waals surface area contributed by atoms with Crippen molar-refractivity contribution in [2.24, 2.45) is 5.73 Å². The standard InChI is InChI=1S/C16H18N2OS/c1-18(15-7-3-4-8-16(15)19-2)12-14-10-9-13(20-14)6-5-11-17/h3-4,7-10H,11-12,17H2,1-2H3. The molecule has 2 N–H and O–H groups in total. The number of rotatable bonds is 4. The summed E-state index contributed by atoms with van der Waals surface area (Å²) in [5.74, 6) is 6.82. The third-order valence-corrected chi connectivity index (χ3v) is 3.85. The van der Waals surface area contributed by atoms with Crippen molar-refractivity contribution in [1.29, 1.82) is 0 Å². The molecule has 0 aliphatic heterocycles. The van der Waals surface area contributed by atoms with Crippen molar-refractivity contribution >= 4 is 17.0 Å². The highest BCUT2D eigenvalue weighted by Gasteiger charge is 2.08. The Morgan fingerprint density at radius 2 is 2.05 bits per heavy atom. The summed E-state index contributed by atoms with van der Waals surface area (Å²) in [6, 6.07) is 12.2. The maximum Gasteiger partial charge on any atom is 0.142 e. The maximum atomic E-state index is 5.39. The molecule has 1 aromatic carbocycles. The van der Waals surface area contributed by atoms with Crippen molar-refractivity contribution in [3.8, 4) is 17.6 Å².